The van der Waals surface area contributed by atoms with Crippen LogP contribution in [-0.4, -0.2) is 47.8 Å². The molecule has 0 aromatic rings. The van der Waals surface area contributed by atoms with Gasteiger partial charge in [0, 0.05) is 19.7 Å². The zero-order chi connectivity index (χ0) is 15.3. The molecule has 122 valence electrons. The molecule has 1 atom stereocenters. The zero-order valence-corrected chi connectivity index (χ0v) is 13.6. The lowest BCUT2D eigenvalue weighted by molar-refractivity contribution is -0.150. The number of piperidine rings is 1. The molecule has 0 radical (unpaired) electrons. The van der Waals surface area contributed by atoms with Gasteiger partial charge >= 0.3 is 0 Å². The highest BCUT2D eigenvalue weighted by molar-refractivity contribution is 5.81. The van der Waals surface area contributed by atoms with Crippen molar-refractivity contribution in [3.63, 3.8) is 0 Å². The van der Waals surface area contributed by atoms with Gasteiger partial charge in [0.1, 0.15) is 6.10 Å². The molecule has 4 heteroatoms. The van der Waals surface area contributed by atoms with Crippen molar-refractivity contribution in [1.29, 1.82) is 0 Å². The molecule has 1 aliphatic heterocycles. The smallest absolute Gasteiger partial charge is 0.251 e. The number of carbonyl (C=O) groups excluding carboxylic acids is 1. The number of likely N-dealkylation sites (tertiary alicyclic amines) is 1. The Morgan fingerprint density at radius 3 is 2.38 bits per heavy atom. The van der Waals surface area contributed by atoms with Crippen LogP contribution in [0.15, 0.2) is 0 Å². The first kappa shape index (κ1) is 16.8. The lowest BCUT2D eigenvalue weighted by Gasteiger charge is -2.41. The normalized spacial score (nSPS) is 24.2. The van der Waals surface area contributed by atoms with Crippen LogP contribution in [0.25, 0.3) is 0 Å². The van der Waals surface area contributed by atoms with Gasteiger partial charge in [0.15, 0.2) is 0 Å². The van der Waals surface area contributed by atoms with E-state index in [-0.39, 0.29) is 30.1 Å². The maximum Gasteiger partial charge on any atom is 0.251 e. The van der Waals surface area contributed by atoms with Gasteiger partial charge in [-0.3, -0.25) is 4.79 Å². The van der Waals surface area contributed by atoms with Crippen LogP contribution in [0.4, 0.5) is 0 Å². The fourth-order valence-electron chi connectivity index (χ4n) is 3.61. The van der Waals surface area contributed by atoms with E-state index in [0.717, 1.165) is 51.6 Å². The van der Waals surface area contributed by atoms with Crippen LogP contribution < -0.4 is 0 Å². The summed E-state index contributed by atoms with van der Waals surface area (Å²) in [6, 6.07) is 0. The molecule has 1 N–H and O–H groups in total. The van der Waals surface area contributed by atoms with E-state index in [1.54, 1.807) is 0 Å². The van der Waals surface area contributed by atoms with E-state index < -0.39 is 0 Å². The SMILES string of the molecule is CCC(OC1CCCC1)C(=O)N1CCC(CC)(CO)CC1. The molecular weight excluding hydrogens is 266 g/mol. The molecular formula is C17H31NO3. The molecule has 0 aromatic heterocycles. The topological polar surface area (TPSA) is 49.8 Å². The van der Waals surface area contributed by atoms with E-state index in [1.165, 1.54) is 12.8 Å². The minimum absolute atomic E-state index is 0.0325. The van der Waals surface area contributed by atoms with Gasteiger partial charge in [0.2, 0.25) is 0 Å². The molecule has 2 aliphatic rings. The van der Waals surface area contributed by atoms with E-state index in [9.17, 15) is 9.90 Å². The minimum atomic E-state index is -0.267. The molecule has 1 saturated carbocycles. The molecule has 0 spiro atoms. The quantitative estimate of drug-likeness (QED) is 0.820. The van der Waals surface area contributed by atoms with Crippen molar-refractivity contribution in [2.45, 2.75) is 77.4 Å². The Labute approximate surface area is 128 Å². The number of hydrogen-bond acceptors (Lipinski definition) is 3. The van der Waals surface area contributed by atoms with Crippen molar-refractivity contribution in [1.82, 2.24) is 4.90 Å². The van der Waals surface area contributed by atoms with Crippen LogP contribution in [0, 0.1) is 5.41 Å². The molecule has 1 aliphatic carbocycles. The summed E-state index contributed by atoms with van der Waals surface area (Å²) in [7, 11) is 0. The van der Waals surface area contributed by atoms with Gasteiger partial charge in [-0.2, -0.15) is 0 Å². The van der Waals surface area contributed by atoms with Crippen LogP contribution in [0.2, 0.25) is 0 Å². The van der Waals surface area contributed by atoms with E-state index in [1.807, 2.05) is 11.8 Å². The maximum absolute atomic E-state index is 12.6. The van der Waals surface area contributed by atoms with Gasteiger partial charge in [-0.1, -0.05) is 26.7 Å². The lowest BCUT2D eigenvalue weighted by atomic mass is 9.77. The van der Waals surface area contributed by atoms with Gasteiger partial charge < -0.3 is 14.7 Å². The summed E-state index contributed by atoms with van der Waals surface area (Å²) in [5.74, 6) is 0.159. The van der Waals surface area contributed by atoms with E-state index in [4.69, 9.17) is 4.74 Å². The van der Waals surface area contributed by atoms with Crippen LogP contribution in [0.1, 0.15) is 65.2 Å². The number of ether oxygens (including phenoxy) is 1. The Kier molecular flexibility index (Phi) is 6.06. The average molecular weight is 297 g/mol. The van der Waals surface area contributed by atoms with Crippen molar-refractivity contribution in [3.8, 4) is 0 Å². The number of rotatable bonds is 6. The third kappa shape index (κ3) is 3.98. The van der Waals surface area contributed by atoms with Gasteiger partial charge in [0.05, 0.1) is 6.10 Å². The molecule has 1 unspecified atom stereocenters. The van der Waals surface area contributed by atoms with Crippen molar-refractivity contribution < 1.29 is 14.6 Å². The third-order valence-electron chi connectivity index (χ3n) is 5.53. The number of amides is 1. The maximum atomic E-state index is 12.6. The fraction of sp³-hybridized carbons (Fsp3) is 0.941. The molecule has 2 fully saturated rings. The van der Waals surface area contributed by atoms with Crippen molar-refractivity contribution in [3.05, 3.63) is 0 Å². The fourth-order valence-corrected chi connectivity index (χ4v) is 3.61. The van der Waals surface area contributed by atoms with Crippen molar-refractivity contribution in [2.24, 2.45) is 5.41 Å². The molecule has 0 aromatic carbocycles. The predicted octanol–water partition coefficient (Wildman–Crippen LogP) is 2.74. The highest BCUT2D eigenvalue weighted by atomic mass is 16.5. The average Bonchev–Trinajstić information content (AvgIpc) is 3.05. The first-order valence-electron chi connectivity index (χ1n) is 8.69. The number of carbonyl (C=O) groups is 1. The predicted molar refractivity (Wildman–Crippen MR) is 83.0 cm³/mol. The lowest BCUT2D eigenvalue weighted by Crippen LogP contribution is -2.48. The number of aliphatic hydroxyl groups excluding tert-OH is 1. The summed E-state index contributed by atoms with van der Waals surface area (Å²) in [5.41, 5.74) is 0.0325. The summed E-state index contributed by atoms with van der Waals surface area (Å²) in [6.45, 7) is 5.92. The molecule has 0 bridgehead atoms. The summed E-state index contributed by atoms with van der Waals surface area (Å²) in [4.78, 5) is 14.6. The number of aliphatic hydroxyl groups is 1. The summed E-state index contributed by atoms with van der Waals surface area (Å²) < 4.78 is 6.04. The molecule has 1 saturated heterocycles. The van der Waals surface area contributed by atoms with E-state index in [2.05, 4.69) is 6.92 Å². The standard InChI is InChI=1S/C17H31NO3/c1-3-15(21-14-7-5-6-8-14)16(20)18-11-9-17(4-2,13-19)10-12-18/h14-15,19H,3-13H2,1-2H3. The van der Waals surface area contributed by atoms with Crippen molar-refractivity contribution in [2.75, 3.05) is 19.7 Å². The van der Waals surface area contributed by atoms with Crippen LogP contribution >= 0.6 is 0 Å². The van der Waals surface area contributed by atoms with E-state index in [0.29, 0.717) is 0 Å². The first-order chi connectivity index (χ1) is 10.1. The molecule has 4 nitrogen and oxygen atoms in total. The third-order valence-corrected chi connectivity index (χ3v) is 5.53. The second kappa shape index (κ2) is 7.59. The van der Waals surface area contributed by atoms with Crippen LogP contribution in [0.3, 0.4) is 0 Å². The summed E-state index contributed by atoms with van der Waals surface area (Å²) in [5, 5.41) is 9.58. The summed E-state index contributed by atoms with van der Waals surface area (Å²) in [6.07, 6.45) is 8.25. The second-order valence-corrected chi connectivity index (χ2v) is 6.78. The summed E-state index contributed by atoms with van der Waals surface area (Å²) >= 11 is 0. The first-order valence-corrected chi connectivity index (χ1v) is 8.69. The molecule has 2 rings (SSSR count). The highest BCUT2D eigenvalue weighted by Crippen LogP contribution is 2.34. The number of hydrogen-bond donors (Lipinski definition) is 1. The Bertz CT molecular complexity index is 325. The second-order valence-electron chi connectivity index (χ2n) is 6.78. The molecule has 1 heterocycles. The Balaban J connectivity index is 1.87. The van der Waals surface area contributed by atoms with Gasteiger partial charge in [0.25, 0.3) is 5.91 Å². The van der Waals surface area contributed by atoms with Crippen LogP contribution in [0.5, 0.6) is 0 Å². The van der Waals surface area contributed by atoms with Gasteiger partial charge in [-0.15, -0.1) is 0 Å². The molecule has 1 amide bonds. The minimum Gasteiger partial charge on any atom is -0.396 e. The highest BCUT2D eigenvalue weighted by Gasteiger charge is 2.36. The van der Waals surface area contributed by atoms with E-state index >= 15 is 0 Å². The Morgan fingerprint density at radius 1 is 1.29 bits per heavy atom. The zero-order valence-electron chi connectivity index (χ0n) is 13.6. The Hall–Kier alpha value is -0.610. The van der Waals surface area contributed by atoms with Gasteiger partial charge in [-0.25, -0.2) is 0 Å². The Morgan fingerprint density at radius 2 is 1.90 bits per heavy atom. The molecule has 21 heavy (non-hydrogen) atoms. The monoisotopic (exact) mass is 297 g/mol. The largest absolute Gasteiger partial charge is 0.396 e. The van der Waals surface area contributed by atoms with Crippen molar-refractivity contribution >= 4 is 5.91 Å². The van der Waals surface area contributed by atoms with Crippen LogP contribution in [-0.2, 0) is 9.53 Å². The number of nitrogens with zero attached hydrogens (tertiary/aromatic N) is 1. The van der Waals surface area contributed by atoms with Gasteiger partial charge in [-0.05, 0) is 43.9 Å².